The normalized spacial score (nSPS) is 15.4. The van der Waals surface area contributed by atoms with Crippen LogP contribution in [0.1, 0.15) is 23.2 Å². The Morgan fingerprint density at radius 2 is 1.53 bits per heavy atom. The van der Waals surface area contributed by atoms with Gasteiger partial charge < -0.3 is 10.2 Å². The molecule has 0 unspecified atom stereocenters. The maximum absolute atomic E-state index is 13.5. The Hall–Kier alpha value is -3.00. The van der Waals surface area contributed by atoms with Gasteiger partial charge >= 0.3 is 0 Å². The lowest BCUT2D eigenvalue weighted by Crippen LogP contribution is -2.44. The molecule has 0 saturated carbocycles. The number of para-hydroxylation sites is 2. The molecule has 2 aromatic carbocycles. The van der Waals surface area contributed by atoms with Crippen molar-refractivity contribution in [3.8, 4) is 0 Å². The van der Waals surface area contributed by atoms with Crippen LogP contribution in [0.15, 0.2) is 48.5 Å². The molecule has 4 rings (SSSR count). The molecule has 0 bridgehead atoms. The molecular weight excluding hydrogens is 402 g/mol. The van der Waals surface area contributed by atoms with Gasteiger partial charge in [0.05, 0.1) is 21.8 Å². The van der Waals surface area contributed by atoms with Crippen LogP contribution >= 0.6 is 0 Å². The topological polar surface area (TPSA) is 96.4 Å². The minimum atomic E-state index is -3.54. The van der Waals surface area contributed by atoms with E-state index in [1.54, 1.807) is 4.90 Å². The zero-order valence-corrected chi connectivity index (χ0v) is 17.5. The van der Waals surface area contributed by atoms with Gasteiger partial charge in [-0.3, -0.25) is 9.59 Å². The third-order valence-electron chi connectivity index (χ3n) is 5.65. The van der Waals surface area contributed by atoms with Crippen LogP contribution < -0.4 is 5.32 Å². The van der Waals surface area contributed by atoms with Gasteiger partial charge in [0.2, 0.25) is 5.91 Å². The van der Waals surface area contributed by atoms with Crippen LogP contribution in [-0.2, 0) is 14.6 Å². The van der Waals surface area contributed by atoms with Crippen molar-refractivity contribution in [3.05, 3.63) is 54.1 Å². The smallest absolute Gasteiger partial charge is 0.255 e. The summed E-state index contributed by atoms with van der Waals surface area (Å²) in [6.07, 6.45) is 0.651. The molecule has 30 heavy (non-hydrogen) atoms. The van der Waals surface area contributed by atoms with E-state index < -0.39 is 26.7 Å². The summed E-state index contributed by atoms with van der Waals surface area (Å²) in [4.78, 5) is 31.4. The van der Waals surface area contributed by atoms with Crippen molar-refractivity contribution in [3.63, 3.8) is 0 Å². The number of nitrogens with one attached hydrogen (secondary N) is 1. The second-order valence-electron chi connectivity index (χ2n) is 7.49. The van der Waals surface area contributed by atoms with Crippen LogP contribution in [-0.4, -0.2) is 61.3 Å². The number of carbonyl (C=O) groups excluding carboxylic acids is 2. The quantitative estimate of drug-likeness (QED) is 0.646. The Labute approximate surface area is 175 Å². The lowest BCUT2D eigenvalue weighted by atomic mass is 10.00. The Morgan fingerprint density at radius 3 is 2.07 bits per heavy atom. The van der Waals surface area contributed by atoms with Crippen molar-refractivity contribution in [2.24, 2.45) is 0 Å². The van der Waals surface area contributed by atoms with E-state index in [0.29, 0.717) is 31.5 Å². The van der Waals surface area contributed by atoms with Crippen LogP contribution in [0.3, 0.4) is 0 Å². The zero-order chi connectivity index (χ0) is 21.3. The van der Waals surface area contributed by atoms with Crippen molar-refractivity contribution in [1.82, 2.24) is 15.2 Å². The number of carbonyl (C=O) groups is 2. The molecule has 1 fully saturated rings. The highest BCUT2D eigenvalue weighted by Gasteiger charge is 2.33. The first-order chi connectivity index (χ1) is 14.4. The van der Waals surface area contributed by atoms with Crippen molar-refractivity contribution < 1.29 is 18.0 Å². The number of amides is 2. The van der Waals surface area contributed by atoms with E-state index in [9.17, 15) is 18.0 Å². The molecule has 0 atom stereocenters. The molecule has 1 saturated heterocycles. The van der Waals surface area contributed by atoms with Gasteiger partial charge in [-0.05, 0) is 25.0 Å². The fourth-order valence-electron chi connectivity index (χ4n) is 4.02. The number of likely N-dealkylation sites (tertiary alicyclic amines) is 1. The lowest BCUT2D eigenvalue weighted by Gasteiger charge is -2.32. The minimum Gasteiger partial charge on any atom is -0.358 e. The number of rotatable bonds is 4. The minimum absolute atomic E-state index is 0.119. The van der Waals surface area contributed by atoms with E-state index in [1.807, 2.05) is 48.5 Å². The van der Waals surface area contributed by atoms with E-state index in [-0.39, 0.29) is 5.91 Å². The number of aromatic nitrogens is 1. The fraction of sp³-hybridized carbons (Fsp3) is 0.318. The second-order valence-corrected chi connectivity index (χ2v) is 9.77. The maximum Gasteiger partial charge on any atom is 0.255 e. The Morgan fingerprint density at radius 1 is 1.00 bits per heavy atom. The number of benzene rings is 2. The summed E-state index contributed by atoms with van der Waals surface area (Å²) in [5.74, 6) is -1.14. The molecular formula is C22H23N3O4S. The SMILES string of the molecule is CNC(=O)CS(=O)(=O)C1CCN(C(=O)c2c3ccccc3nc3ccccc23)CC1. The van der Waals surface area contributed by atoms with Gasteiger partial charge in [-0.2, -0.15) is 0 Å². The van der Waals surface area contributed by atoms with Gasteiger partial charge in [-0.1, -0.05) is 36.4 Å². The van der Waals surface area contributed by atoms with E-state index >= 15 is 0 Å². The van der Waals surface area contributed by atoms with Gasteiger partial charge in [-0.25, -0.2) is 13.4 Å². The molecule has 0 spiro atoms. The fourth-order valence-corrected chi connectivity index (χ4v) is 5.69. The van der Waals surface area contributed by atoms with Crippen molar-refractivity contribution in [1.29, 1.82) is 0 Å². The Bertz CT molecular complexity index is 1180. The number of pyridine rings is 1. The maximum atomic E-state index is 13.5. The summed E-state index contributed by atoms with van der Waals surface area (Å²) in [5, 5.41) is 3.32. The summed E-state index contributed by atoms with van der Waals surface area (Å²) < 4.78 is 25.0. The van der Waals surface area contributed by atoms with Gasteiger partial charge in [0.25, 0.3) is 5.91 Å². The number of nitrogens with zero attached hydrogens (tertiary/aromatic N) is 2. The van der Waals surface area contributed by atoms with E-state index in [1.165, 1.54) is 7.05 Å². The molecule has 0 radical (unpaired) electrons. The Balaban J connectivity index is 1.62. The standard InChI is InChI=1S/C22H23N3O4S/c1-23-20(26)14-30(28,29)15-10-12-25(13-11-15)22(27)21-16-6-2-4-8-18(16)24-19-9-5-3-7-17(19)21/h2-9,15H,10-14H2,1H3,(H,23,26). The first kappa shape index (κ1) is 20.3. The zero-order valence-electron chi connectivity index (χ0n) is 16.7. The average Bonchev–Trinajstić information content (AvgIpc) is 2.76. The van der Waals surface area contributed by atoms with Crippen LogP contribution in [0.5, 0.6) is 0 Å². The molecule has 1 N–H and O–H groups in total. The molecule has 2 amide bonds. The summed E-state index contributed by atoms with van der Waals surface area (Å²) in [6.45, 7) is 0.670. The predicted octanol–water partition coefficient (Wildman–Crippen LogP) is 2.15. The summed E-state index contributed by atoms with van der Waals surface area (Å²) in [6, 6.07) is 15.1. The number of hydrogen-bond donors (Lipinski definition) is 1. The molecule has 7 nitrogen and oxygen atoms in total. The van der Waals surface area contributed by atoms with Gasteiger partial charge in [0.1, 0.15) is 5.75 Å². The number of hydrogen-bond acceptors (Lipinski definition) is 5. The van der Waals surface area contributed by atoms with Crippen LogP contribution in [0.4, 0.5) is 0 Å². The van der Waals surface area contributed by atoms with Crippen molar-refractivity contribution in [2.75, 3.05) is 25.9 Å². The summed E-state index contributed by atoms with van der Waals surface area (Å²) in [5.41, 5.74) is 2.10. The first-order valence-electron chi connectivity index (χ1n) is 9.89. The third-order valence-corrected chi connectivity index (χ3v) is 7.80. The first-order valence-corrected chi connectivity index (χ1v) is 11.6. The molecule has 1 aromatic heterocycles. The molecule has 1 aliphatic heterocycles. The number of piperidine rings is 1. The molecule has 0 aliphatic carbocycles. The largest absolute Gasteiger partial charge is 0.358 e. The van der Waals surface area contributed by atoms with Crippen molar-refractivity contribution >= 4 is 43.5 Å². The van der Waals surface area contributed by atoms with Gasteiger partial charge in [-0.15, -0.1) is 0 Å². The van der Waals surface area contributed by atoms with Crippen LogP contribution in [0, 0.1) is 0 Å². The van der Waals surface area contributed by atoms with Gasteiger partial charge in [0, 0.05) is 30.9 Å². The molecule has 3 aromatic rings. The lowest BCUT2D eigenvalue weighted by molar-refractivity contribution is -0.118. The van der Waals surface area contributed by atoms with E-state index in [0.717, 1.165) is 21.8 Å². The highest BCUT2D eigenvalue weighted by atomic mass is 32.2. The van der Waals surface area contributed by atoms with E-state index in [4.69, 9.17) is 0 Å². The third kappa shape index (κ3) is 3.75. The number of fused-ring (bicyclic) bond motifs is 2. The highest BCUT2D eigenvalue weighted by molar-refractivity contribution is 7.92. The molecule has 8 heteroatoms. The highest BCUT2D eigenvalue weighted by Crippen LogP contribution is 2.29. The summed E-state index contributed by atoms with van der Waals surface area (Å²) >= 11 is 0. The second kappa shape index (κ2) is 8.02. The van der Waals surface area contributed by atoms with Crippen LogP contribution in [0.25, 0.3) is 21.8 Å². The summed E-state index contributed by atoms with van der Waals surface area (Å²) in [7, 11) is -2.12. The van der Waals surface area contributed by atoms with Gasteiger partial charge in [0.15, 0.2) is 9.84 Å². The van der Waals surface area contributed by atoms with Crippen LogP contribution in [0.2, 0.25) is 0 Å². The molecule has 156 valence electrons. The average molecular weight is 426 g/mol. The van der Waals surface area contributed by atoms with E-state index in [2.05, 4.69) is 10.3 Å². The monoisotopic (exact) mass is 425 g/mol. The Kier molecular flexibility index (Phi) is 5.42. The number of sulfone groups is 1. The molecule has 1 aliphatic rings. The van der Waals surface area contributed by atoms with Crippen molar-refractivity contribution in [2.45, 2.75) is 18.1 Å². The molecule has 2 heterocycles. The predicted molar refractivity (Wildman–Crippen MR) is 116 cm³/mol.